The zero-order valence-electron chi connectivity index (χ0n) is 40.5. The van der Waals surface area contributed by atoms with E-state index in [2.05, 4.69) is 35.2 Å². The van der Waals surface area contributed by atoms with E-state index in [-0.39, 0.29) is 70.6 Å². The number of halogens is 9. The highest BCUT2D eigenvalue weighted by Crippen LogP contribution is 2.41. The summed E-state index contributed by atoms with van der Waals surface area (Å²) in [6.45, 7) is 10.2. The van der Waals surface area contributed by atoms with Crippen LogP contribution in [-0.2, 0) is 34.7 Å². The maximum Gasteiger partial charge on any atom is 0.416 e. The van der Waals surface area contributed by atoms with E-state index < -0.39 is 66.2 Å². The summed E-state index contributed by atoms with van der Waals surface area (Å²) in [5.74, 6) is 0.437. The van der Waals surface area contributed by atoms with Crippen LogP contribution in [0.1, 0.15) is 118 Å². The van der Waals surface area contributed by atoms with Gasteiger partial charge in [0.25, 0.3) is 0 Å². The zero-order chi connectivity index (χ0) is 52.8. The van der Waals surface area contributed by atoms with Crippen LogP contribution in [0.5, 0.6) is 0 Å². The smallest absolute Gasteiger partial charge is 0.416 e. The predicted molar refractivity (Wildman–Crippen MR) is 259 cm³/mol. The van der Waals surface area contributed by atoms with Crippen molar-refractivity contribution in [3.8, 4) is 11.4 Å². The van der Waals surface area contributed by atoms with Gasteiger partial charge in [-0.2, -0.15) is 40.7 Å². The maximum absolute atomic E-state index is 14.0. The molecule has 8 atom stereocenters. The summed E-state index contributed by atoms with van der Waals surface area (Å²) < 4.78 is 131. The van der Waals surface area contributed by atoms with Crippen LogP contribution in [0.25, 0.3) is 11.4 Å². The number of benzene rings is 2. The van der Waals surface area contributed by atoms with Crippen molar-refractivity contribution in [1.82, 2.24) is 39.0 Å². The average Bonchev–Trinajstić information content (AvgIpc) is 4.14. The summed E-state index contributed by atoms with van der Waals surface area (Å²) in [7, 11) is 0. The Morgan fingerprint density at radius 3 is 1.55 bits per heavy atom. The van der Waals surface area contributed by atoms with E-state index in [4.69, 9.17) is 15.2 Å². The first-order chi connectivity index (χ1) is 34.4. The molecular formula is C49H53BF9N12O4. The number of aromatic nitrogens is 8. The lowest BCUT2D eigenvalue weighted by atomic mass is 9.89. The quantitative estimate of drug-likeness (QED) is 0.0837. The number of alkyl halides is 8. The van der Waals surface area contributed by atoms with E-state index in [0.717, 1.165) is 46.0 Å². The van der Waals surface area contributed by atoms with Gasteiger partial charge in [0.05, 0.1) is 64.0 Å². The van der Waals surface area contributed by atoms with Gasteiger partial charge < -0.3 is 29.7 Å². The topological polar surface area (TPSA) is 184 Å². The molecule has 4 aliphatic rings. The molecule has 26 heteroatoms. The Hall–Kier alpha value is -7.25. The first-order valence-corrected chi connectivity index (χ1v) is 23.0. The van der Waals surface area contributed by atoms with Crippen LogP contribution in [0.2, 0.25) is 0 Å². The Labute approximate surface area is 427 Å². The van der Waals surface area contributed by atoms with Crippen LogP contribution in [0.3, 0.4) is 0 Å². The summed E-state index contributed by atoms with van der Waals surface area (Å²) in [5, 5.41) is 3.17. The molecule has 2 amide bonds. The van der Waals surface area contributed by atoms with Gasteiger partial charge in [0.2, 0.25) is 5.95 Å². The lowest BCUT2D eigenvalue weighted by molar-refractivity contribution is -0.138. The van der Waals surface area contributed by atoms with Gasteiger partial charge in [-0.1, -0.05) is 21.3 Å². The molecule has 2 unspecified atom stereocenters. The maximum atomic E-state index is 14.0. The van der Waals surface area contributed by atoms with E-state index in [1.807, 2.05) is 36.8 Å². The van der Waals surface area contributed by atoms with Crippen molar-refractivity contribution in [2.24, 2.45) is 5.73 Å². The normalized spacial score (nSPS) is 20.1. The monoisotopic (exact) mass is 1060 g/mol. The molecule has 3 N–H and O–H groups in total. The van der Waals surface area contributed by atoms with E-state index in [9.17, 15) is 49.1 Å². The number of amides is 2. The predicted octanol–water partition coefficient (Wildman–Crippen LogP) is 10.3. The Balaban J connectivity index is 0.000000199. The molecule has 0 saturated carbocycles. The van der Waals surface area contributed by atoms with Crippen molar-refractivity contribution >= 4 is 38.2 Å². The highest BCUT2D eigenvalue weighted by atomic mass is 19.4. The van der Waals surface area contributed by atoms with Gasteiger partial charge in [0, 0.05) is 38.7 Å². The molecule has 0 aliphatic carbocycles. The third kappa shape index (κ3) is 11.7. The average molecular weight is 1060 g/mol. The molecule has 8 heterocycles. The summed E-state index contributed by atoms with van der Waals surface area (Å²) >= 11 is 0. The first-order valence-electron chi connectivity index (χ1n) is 23.0. The number of fused-ring (bicyclic) bond motifs is 6. The number of hydrogen-bond acceptors (Lipinski definition) is 12. The van der Waals surface area contributed by atoms with E-state index in [0.29, 0.717) is 35.3 Å². The molecule has 0 bridgehead atoms. The molecule has 3 radical (unpaired) electrons. The van der Waals surface area contributed by atoms with Crippen LogP contribution >= 0.6 is 0 Å². The Morgan fingerprint density at radius 2 is 1.11 bits per heavy atom. The molecule has 6 aromatic rings. The summed E-state index contributed by atoms with van der Waals surface area (Å²) in [5.41, 5.74) is 10.8. The summed E-state index contributed by atoms with van der Waals surface area (Å²) in [6.07, 6.45) is -6.82. The SMILES string of the molecule is C.CC1Cc2cc(C(F)(F)F)ccc2-n2cnc([C@H](C)N)c21.CC1Cc2cc(C(F)(F)F)ccc2-n2cnc([C@H](C)Nc3nccc(N4C(=O)OC[C@@H]4[C@H](C)F)n3)c21.C[C@H](F)[C@H]1COC(=O)N1c1ccnc(F)n1.[B]. The number of nitrogens with zero attached hydrogens (tertiary/aromatic N) is 10. The second kappa shape index (κ2) is 22.3. The third-order valence-corrected chi connectivity index (χ3v) is 12.8. The number of anilines is 3. The van der Waals surface area contributed by atoms with Crippen LogP contribution in [-0.4, -0.2) is 97.3 Å². The van der Waals surface area contributed by atoms with Crippen LogP contribution in [0, 0.1) is 6.08 Å². The van der Waals surface area contributed by atoms with Crippen molar-refractivity contribution in [2.45, 2.75) is 123 Å². The van der Waals surface area contributed by atoms with Gasteiger partial charge in [-0.3, -0.25) is 9.80 Å². The Bertz CT molecular complexity index is 3010. The largest absolute Gasteiger partial charge is 0.447 e. The number of cyclic esters (lactones) is 2. The first kappa shape index (κ1) is 57.0. The number of rotatable bonds is 8. The summed E-state index contributed by atoms with van der Waals surface area (Å²) in [4.78, 5) is 49.9. The van der Waals surface area contributed by atoms with E-state index >= 15 is 0 Å². The summed E-state index contributed by atoms with van der Waals surface area (Å²) in [6, 6.07) is 8.33. The number of nitrogens with two attached hydrogens (primary N) is 1. The van der Waals surface area contributed by atoms with E-state index in [1.165, 1.54) is 61.3 Å². The van der Waals surface area contributed by atoms with Gasteiger partial charge in [0.15, 0.2) is 0 Å². The number of nitrogens with one attached hydrogen (secondary N) is 1. The number of imidazole rings is 2. The van der Waals surface area contributed by atoms with Crippen LogP contribution < -0.4 is 20.9 Å². The van der Waals surface area contributed by atoms with Crippen molar-refractivity contribution < 1.29 is 58.6 Å². The minimum absolute atomic E-state index is 0. The van der Waals surface area contributed by atoms with Crippen molar-refractivity contribution in [3.05, 3.63) is 125 Å². The number of carbonyl (C=O) groups is 2. The molecule has 4 aliphatic heterocycles. The zero-order valence-corrected chi connectivity index (χ0v) is 40.5. The lowest BCUT2D eigenvalue weighted by Crippen LogP contribution is -2.39. The number of hydrogen-bond donors (Lipinski definition) is 2. The van der Waals surface area contributed by atoms with Crippen molar-refractivity contribution in [1.29, 1.82) is 0 Å². The van der Waals surface area contributed by atoms with Crippen molar-refractivity contribution in [3.63, 3.8) is 0 Å². The van der Waals surface area contributed by atoms with Crippen LogP contribution in [0.4, 0.5) is 66.7 Å². The molecule has 75 heavy (non-hydrogen) atoms. The Morgan fingerprint density at radius 1 is 0.667 bits per heavy atom. The number of carbonyl (C=O) groups excluding carboxylic acids is 2. The number of ether oxygens (including phenoxy) is 2. The standard InChI is InChI=1S/C24H24F4N6O2.C15H16F3N3.C9H9F2N3O2.CH4.B/c1-12-8-15-9-16(24(26,27)28)4-5-17(15)33-11-30-20(21(12)33)14(3)31-22-29-7-6-19(32-22)34-18(13(2)25)10-36-23(34)35;1-8-5-10-6-11(15(16,17)18)3-4-12(10)21-7-20-13(9(2)19)14(8)21;1-5(10)6-4-16-9(15)14(6)7-2-3-12-8(11)13-7;;/h4-7,9,11-14,18H,8,10H2,1-3H3,(H,29,31,32);3-4,6-9H,5,19H2,1-2H3;2-3,5-6H,4H2,1H3;1H4;/t12?,13-,14-,18+;8?,9-;5-,6+;;/m000../s1. The van der Waals surface area contributed by atoms with E-state index in [1.54, 1.807) is 12.7 Å². The van der Waals surface area contributed by atoms with Gasteiger partial charge in [-0.05, 0) is 100 Å². The molecular weight excluding hydrogens is 1000 g/mol. The lowest BCUT2D eigenvalue weighted by Gasteiger charge is -2.27. The Kier molecular flexibility index (Phi) is 17.0. The fraction of sp³-hybridized carbons (Fsp3) is 0.429. The second-order valence-electron chi connectivity index (χ2n) is 18.1. The van der Waals surface area contributed by atoms with Crippen LogP contribution in [0.15, 0.2) is 73.6 Å². The molecule has 16 nitrogen and oxygen atoms in total. The molecule has 10 rings (SSSR count). The van der Waals surface area contributed by atoms with Gasteiger partial charge in [-0.25, -0.2) is 38.3 Å². The fourth-order valence-corrected chi connectivity index (χ4v) is 9.32. The fourth-order valence-electron chi connectivity index (χ4n) is 9.32. The van der Waals surface area contributed by atoms with Crippen molar-refractivity contribution in [2.75, 3.05) is 28.3 Å². The molecule has 2 fully saturated rings. The third-order valence-electron chi connectivity index (χ3n) is 12.8. The van der Waals surface area contributed by atoms with Gasteiger partial charge >= 0.3 is 30.6 Å². The molecule has 0 spiro atoms. The molecule has 4 aromatic heterocycles. The molecule has 2 aromatic carbocycles. The highest BCUT2D eigenvalue weighted by molar-refractivity contribution is 5.90. The minimum atomic E-state index is -4.40. The molecule has 2 saturated heterocycles. The minimum Gasteiger partial charge on any atom is -0.447 e. The molecule has 399 valence electrons. The second-order valence-corrected chi connectivity index (χ2v) is 18.1. The van der Waals surface area contributed by atoms with Gasteiger partial charge in [0.1, 0.15) is 49.3 Å². The highest BCUT2D eigenvalue weighted by Gasteiger charge is 2.41. The van der Waals surface area contributed by atoms with Gasteiger partial charge in [-0.15, -0.1) is 0 Å².